The summed E-state index contributed by atoms with van der Waals surface area (Å²) in [5, 5.41) is 2.71. The molecule has 76 valence electrons. The Hall–Kier alpha value is -2.08. The van der Waals surface area contributed by atoms with Gasteiger partial charge in [-0.2, -0.15) is 0 Å². The van der Waals surface area contributed by atoms with Crippen LogP contribution in [0.25, 0.3) is 0 Å². The summed E-state index contributed by atoms with van der Waals surface area (Å²) in [5.41, 5.74) is 0.936. The number of pyridine rings is 1. The Morgan fingerprint density at radius 2 is 2.60 bits per heavy atom. The molecule has 0 fully saturated rings. The summed E-state index contributed by atoms with van der Waals surface area (Å²) in [7, 11) is 0. The molecule has 0 aliphatic heterocycles. The lowest BCUT2D eigenvalue weighted by atomic mass is 10.1. The molecule has 1 rings (SSSR count). The Balaban J connectivity index is 2.48. The Morgan fingerprint density at radius 1 is 1.80 bits per heavy atom. The van der Waals surface area contributed by atoms with E-state index in [0.717, 1.165) is 5.56 Å². The number of carbonyl (C=O) groups excluding carboxylic acids is 1. The lowest BCUT2D eigenvalue weighted by molar-refractivity contribution is -0.122. The SMILES string of the molecule is C#CC(C=C)C(=O)NCc1cccnc1. The standard InChI is InChI=1S/C12H12N2O/c1-3-11(4-2)12(15)14-9-10-6-5-7-13-8-10/h1,4-8,11H,2,9H2,(H,14,15). The van der Waals surface area contributed by atoms with E-state index in [0.29, 0.717) is 6.54 Å². The number of nitrogens with zero attached hydrogens (tertiary/aromatic N) is 1. The lowest BCUT2D eigenvalue weighted by Gasteiger charge is -2.07. The van der Waals surface area contributed by atoms with Crippen LogP contribution in [0.4, 0.5) is 0 Å². The zero-order valence-electron chi connectivity index (χ0n) is 8.31. The van der Waals surface area contributed by atoms with Gasteiger partial charge in [0.25, 0.3) is 0 Å². The average molecular weight is 200 g/mol. The van der Waals surface area contributed by atoms with Gasteiger partial charge in [-0.3, -0.25) is 9.78 Å². The van der Waals surface area contributed by atoms with Crippen molar-refractivity contribution in [3.05, 3.63) is 42.7 Å². The van der Waals surface area contributed by atoms with Crippen LogP contribution in [0.1, 0.15) is 5.56 Å². The van der Waals surface area contributed by atoms with E-state index in [1.165, 1.54) is 6.08 Å². The molecule has 0 saturated heterocycles. The third-order valence-electron chi connectivity index (χ3n) is 1.89. The van der Waals surface area contributed by atoms with Crippen LogP contribution in [0.15, 0.2) is 37.2 Å². The number of terminal acetylenes is 1. The number of hydrogen-bond donors (Lipinski definition) is 1. The Kier molecular flexibility index (Phi) is 4.11. The largest absolute Gasteiger partial charge is 0.351 e. The number of aromatic nitrogens is 1. The van der Waals surface area contributed by atoms with Gasteiger partial charge in [0.2, 0.25) is 5.91 Å². The predicted molar refractivity (Wildman–Crippen MR) is 58.6 cm³/mol. The average Bonchev–Trinajstić information content (AvgIpc) is 2.29. The van der Waals surface area contributed by atoms with E-state index in [2.05, 4.69) is 22.8 Å². The van der Waals surface area contributed by atoms with E-state index in [1.54, 1.807) is 12.4 Å². The monoisotopic (exact) mass is 200 g/mol. The van der Waals surface area contributed by atoms with Crippen LogP contribution in [0.5, 0.6) is 0 Å². The van der Waals surface area contributed by atoms with Gasteiger partial charge in [-0.25, -0.2) is 0 Å². The van der Waals surface area contributed by atoms with Crippen molar-refractivity contribution >= 4 is 5.91 Å². The first-order valence-corrected chi connectivity index (χ1v) is 4.53. The second kappa shape index (κ2) is 5.61. The summed E-state index contributed by atoms with van der Waals surface area (Å²) in [6.45, 7) is 3.92. The molecule has 0 radical (unpaired) electrons. The van der Waals surface area contributed by atoms with Gasteiger partial charge in [0.05, 0.1) is 0 Å². The summed E-state index contributed by atoms with van der Waals surface area (Å²) in [5.74, 6) is 1.56. The molecule has 0 saturated carbocycles. The molecule has 0 aliphatic rings. The molecule has 3 nitrogen and oxygen atoms in total. The van der Waals surface area contributed by atoms with Crippen LogP contribution in [-0.2, 0) is 11.3 Å². The molecular formula is C12H12N2O. The second-order valence-electron chi connectivity index (χ2n) is 2.96. The topological polar surface area (TPSA) is 42.0 Å². The number of nitrogens with one attached hydrogen (secondary N) is 1. The van der Waals surface area contributed by atoms with Crippen molar-refractivity contribution in [2.75, 3.05) is 0 Å². The molecule has 0 aromatic carbocycles. The second-order valence-corrected chi connectivity index (χ2v) is 2.96. The quantitative estimate of drug-likeness (QED) is 0.585. The molecule has 1 atom stereocenters. The normalized spacial score (nSPS) is 11.1. The highest BCUT2D eigenvalue weighted by molar-refractivity contribution is 5.83. The van der Waals surface area contributed by atoms with Crippen LogP contribution in [0.3, 0.4) is 0 Å². The van der Waals surface area contributed by atoms with Gasteiger partial charge in [-0.1, -0.05) is 18.1 Å². The predicted octanol–water partition coefficient (Wildman–Crippen LogP) is 1.13. The van der Waals surface area contributed by atoms with E-state index in [4.69, 9.17) is 6.42 Å². The van der Waals surface area contributed by atoms with Gasteiger partial charge in [0.1, 0.15) is 5.92 Å². The first-order chi connectivity index (χ1) is 7.27. The van der Waals surface area contributed by atoms with Crippen molar-refractivity contribution < 1.29 is 4.79 Å². The minimum atomic E-state index is -0.568. The van der Waals surface area contributed by atoms with Crippen LogP contribution in [0, 0.1) is 18.3 Å². The van der Waals surface area contributed by atoms with Gasteiger partial charge in [0.15, 0.2) is 0 Å². The smallest absolute Gasteiger partial charge is 0.239 e. The summed E-state index contributed by atoms with van der Waals surface area (Å²) >= 11 is 0. The highest BCUT2D eigenvalue weighted by Gasteiger charge is 2.10. The molecule has 0 bridgehead atoms. The third kappa shape index (κ3) is 3.28. The molecule has 1 unspecified atom stereocenters. The van der Waals surface area contributed by atoms with Crippen molar-refractivity contribution in [3.63, 3.8) is 0 Å². The molecule has 1 aromatic rings. The summed E-state index contributed by atoms with van der Waals surface area (Å²) < 4.78 is 0. The summed E-state index contributed by atoms with van der Waals surface area (Å²) in [4.78, 5) is 15.4. The van der Waals surface area contributed by atoms with Crippen molar-refractivity contribution in [3.8, 4) is 12.3 Å². The highest BCUT2D eigenvalue weighted by Crippen LogP contribution is 1.98. The maximum Gasteiger partial charge on any atom is 0.239 e. The van der Waals surface area contributed by atoms with Gasteiger partial charge >= 0.3 is 0 Å². The number of amides is 1. The zero-order valence-corrected chi connectivity index (χ0v) is 8.31. The molecule has 0 spiro atoms. The fraction of sp³-hybridized carbons (Fsp3) is 0.167. The fourth-order valence-corrected chi connectivity index (χ4v) is 1.05. The zero-order chi connectivity index (χ0) is 11.1. The third-order valence-corrected chi connectivity index (χ3v) is 1.89. The van der Waals surface area contributed by atoms with Gasteiger partial charge in [0, 0.05) is 18.9 Å². The molecule has 1 amide bonds. The summed E-state index contributed by atoms with van der Waals surface area (Å²) in [6.07, 6.45) is 9.98. The highest BCUT2D eigenvalue weighted by atomic mass is 16.1. The van der Waals surface area contributed by atoms with E-state index < -0.39 is 5.92 Å². The first-order valence-electron chi connectivity index (χ1n) is 4.53. The van der Waals surface area contributed by atoms with E-state index in [-0.39, 0.29) is 5.91 Å². The molecule has 3 heteroatoms. The van der Waals surface area contributed by atoms with Crippen molar-refractivity contribution in [1.29, 1.82) is 0 Å². The fourth-order valence-electron chi connectivity index (χ4n) is 1.05. The molecule has 15 heavy (non-hydrogen) atoms. The van der Waals surface area contributed by atoms with Crippen molar-refractivity contribution in [2.45, 2.75) is 6.54 Å². The van der Waals surface area contributed by atoms with Crippen LogP contribution in [0.2, 0.25) is 0 Å². The van der Waals surface area contributed by atoms with Crippen LogP contribution >= 0.6 is 0 Å². The lowest BCUT2D eigenvalue weighted by Crippen LogP contribution is -2.28. The van der Waals surface area contributed by atoms with E-state index >= 15 is 0 Å². The number of carbonyl (C=O) groups is 1. The van der Waals surface area contributed by atoms with Crippen molar-refractivity contribution in [2.24, 2.45) is 5.92 Å². The Bertz CT molecular complexity index is 378. The van der Waals surface area contributed by atoms with Crippen LogP contribution in [-0.4, -0.2) is 10.9 Å². The first kappa shape index (κ1) is 11.0. The molecule has 0 aliphatic carbocycles. The van der Waals surface area contributed by atoms with E-state index in [1.807, 2.05) is 12.1 Å². The maximum absolute atomic E-state index is 11.4. The molecule has 1 aromatic heterocycles. The maximum atomic E-state index is 11.4. The van der Waals surface area contributed by atoms with Gasteiger partial charge < -0.3 is 5.32 Å². The van der Waals surface area contributed by atoms with Gasteiger partial charge in [-0.05, 0) is 11.6 Å². The minimum absolute atomic E-state index is 0.212. The van der Waals surface area contributed by atoms with E-state index in [9.17, 15) is 4.79 Å². The Labute approximate surface area is 89.2 Å². The number of hydrogen-bond acceptors (Lipinski definition) is 2. The molecular weight excluding hydrogens is 188 g/mol. The number of rotatable bonds is 4. The molecule has 1 heterocycles. The molecule has 1 N–H and O–H groups in total. The van der Waals surface area contributed by atoms with Crippen molar-refractivity contribution in [1.82, 2.24) is 10.3 Å². The minimum Gasteiger partial charge on any atom is -0.351 e. The van der Waals surface area contributed by atoms with Gasteiger partial charge in [-0.15, -0.1) is 13.0 Å². The summed E-state index contributed by atoms with van der Waals surface area (Å²) in [6, 6.07) is 3.69. The Morgan fingerprint density at radius 3 is 3.13 bits per heavy atom. The van der Waals surface area contributed by atoms with Crippen LogP contribution < -0.4 is 5.32 Å².